The van der Waals surface area contributed by atoms with Crippen molar-refractivity contribution in [3.8, 4) is 0 Å². The minimum atomic E-state index is -0.650. The third kappa shape index (κ3) is 4.94. The van der Waals surface area contributed by atoms with Gasteiger partial charge < -0.3 is 15.6 Å². The van der Waals surface area contributed by atoms with Gasteiger partial charge in [-0.1, -0.05) is 6.42 Å². The Kier molecular flexibility index (Phi) is 6.42. The molecule has 1 aliphatic heterocycles. The lowest BCUT2D eigenvalue weighted by Crippen LogP contribution is -2.23. The van der Waals surface area contributed by atoms with Crippen LogP contribution in [0.3, 0.4) is 0 Å². The summed E-state index contributed by atoms with van der Waals surface area (Å²) in [6, 6.07) is 0. The molecule has 16 heavy (non-hydrogen) atoms. The highest BCUT2D eigenvalue weighted by atomic mass is 16.5. The van der Waals surface area contributed by atoms with Gasteiger partial charge in [0.2, 0.25) is 0 Å². The molecule has 3 N–H and O–H groups in total. The summed E-state index contributed by atoms with van der Waals surface area (Å²) < 4.78 is 5.28. The van der Waals surface area contributed by atoms with Gasteiger partial charge in [-0.2, -0.15) is 0 Å². The van der Waals surface area contributed by atoms with Crippen LogP contribution in [-0.2, 0) is 9.53 Å². The van der Waals surface area contributed by atoms with Crippen LogP contribution in [0.2, 0.25) is 0 Å². The summed E-state index contributed by atoms with van der Waals surface area (Å²) in [7, 11) is 0. The highest BCUT2D eigenvalue weighted by Gasteiger charge is 2.23. The van der Waals surface area contributed by atoms with Gasteiger partial charge in [0, 0.05) is 13.2 Å². The Labute approximate surface area is 97.2 Å². The first-order valence-electron chi connectivity index (χ1n) is 6.24. The van der Waals surface area contributed by atoms with Gasteiger partial charge >= 0.3 is 5.97 Å². The largest absolute Gasteiger partial charge is 0.481 e. The van der Waals surface area contributed by atoms with E-state index in [1.807, 2.05) is 0 Å². The predicted molar refractivity (Wildman–Crippen MR) is 62.2 cm³/mol. The molecule has 0 aromatic carbocycles. The van der Waals surface area contributed by atoms with E-state index in [0.717, 1.165) is 51.7 Å². The van der Waals surface area contributed by atoms with E-state index in [1.54, 1.807) is 0 Å². The number of unbranched alkanes of at least 4 members (excludes halogenated alkanes) is 1. The first-order valence-corrected chi connectivity index (χ1v) is 6.24. The van der Waals surface area contributed by atoms with Crippen LogP contribution < -0.4 is 5.73 Å². The van der Waals surface area contributed by atoms with Crippen molar-refractivity contribution in [1.29, 1.82) is 0 Å². The van der Waals surface area contributed by atoms with Crippen molar-refractivity contribution in [2.45, 2.75) is 38.5 Å². The molecule has 4 nitrogen and oxygen atoms in total. The van der Waals surface area contributed by atoms with Gasteiger partial charge in [0.05, 0.1) is 5.92 Å². The predicted octanol–water partition coefficient (Wildman–Crippen LogP) is 1.63. The molecule has 1 aliphatic rings. The monoisotopic (exact) mass is 229 g/mol. The molecule has 1 fully saturated rings. The van der Waals surface area contributed by atoms with E-state index in [1.165, 1.54) is 0 Å². The second kappa shape index (κ2) is 7.63. The Bertz CT molecular complexity index is 202. The van der Waals surface area contributed by atoms with Crippen LogP contribution in [0.5, 0.6) is 0 Å². The van der Waals surface area contributed by atoms with Gasteiger partial charge in [0.15, 0.2) is 0 Å². The van der Waals surface area contributed by atoms with E-state index < -0.39 is 5.97 Å². The third-order valence-electron chi connectivity index (χ3n) is 3.31. The van der Waals surface area contributed by atoms with Gasteiger partial charge in [0.1, 0.15) is 0 Å². The van der Waals surface area contributed by atoms with E-state index in [-0.39, 0.29) is 5.92 Å². The average molecular weight is 229 g/mol. The van der Waals surface area contributed by atoms with Crippen LogP contribution in [0.1, 0.15) is 38.5 Å². The molecule has 0 bridgehead atoms. The number of carbonyl (C=O) groups is 1. The fraction of sp³-hybridized carbons (Fsp3) is 0.917. The molecular weight excluding hydrogens is 206 g/mol. The van der Waals surface area contributed by atoms with Crippen LogP contribution in [0.4, 0.5) is 0 Å². The van der Waals surface area contributed by atoms with E-state index in [9.17, 15) is 4.79 Å². The lowest BCUT2D eigenvalue weighted by molar-refractivity contribution is -0.143. The van der Waals surface area contributed by atoms with Crippen molar-refractivity contribution >= 4 is 5.97 Å². The second-order valence-corrected chi connectivity index (χ2v) is 4.61. The highest BCUT2D eigenvalue weighted by Crippen LogP contribution is 2.25. The number of ether oxygens (including phenoxy) is 1. The Balaban J connectivity index is 2.28. The summed E-state index contributed by atoms with van der Waals surface area (Å²) in [5.41, 5.74) is 5.41. The number of nitrogens with two attached hydrogens (primary N) is 1. The second-order valence-electron chi connectivity index (χ2n) is 4.61. The fourth-order valence-corrected chi connectivity index (χ4v) is 2.26. The Hall–Kier alpha value is -0.610. The molecule has 94 valence electrons. The quantitative estimate of drug-likeness (QED) is 0.651. The molecule has 0 saturated carbocycles. The molecule has 1 unspecified atom stereocenters. The Morgan fingerprint density at radius 3 is 2.62 bits per heavy atom. The molecule has 1 rings (SSSR count). The number of hydrogen-bond acceptors (Lipinski definition) is 3. The SMILES string of the molecule is NCCCCC(CC1CCOCC1)C(=O)O. The molecule has 0 aromatic rings. The minimum Gasteiger partial charge on any atom is -0.481 e. The van der Waals surface area contributed by atoms with Gasteiger partial charge in [-0.3, -0.25) is 4.79 Å². The zero-order valence-corrected chi connectivity index (χ0v) is 9.86. The van der Waals surface area contributed by atoms with E-state index in [4.69, 9.17) is 15.6 Å². The van der Waals surface area contributed by atoms with Crippen LogP contribution in [0.15, 0.2) is 0 Å². The maximum absolute atomic E-state index is 11.1. The van der Waals surface area contributed by atoms with Crippen LogP contribution in [0.25, 0.3) is 0 Å². The van der Waals surface area contributed by atoms with Gasteiger partial charge in [-0.15, -0.1) is 0 Å². The zero-order valence-electron chi connectivity index (χ0n) is 9.86. The minimum absolute atomic E-state index is 0.186. The molecule has 0 spiro atoms. The Morgan fingerprint density at radius 2 is 2.06 bits per heavy atom. The normalized spacial score (nSPS) is 19.6. The summed E-state index contributed by atoms with van der Waals surface area (Å²) in [6.07, 6.45) is 5.46. The molecule has 0 aliphatic carbocycles. The molecule has 0 aromatic heterocycles. The van der Waals surface area contributed by atoms with Crippen LogP contribution in [-0.4, -0.2) is 30.8 Å². The van der Waals surface area contributed by atoms with E-state index in [2.05, 4.69) is 0 Å². The fourth-order valence-electron chi connectivity index (χ4n) is 2.26. The van der Waals surface area contributed by atoms with E-state index in [0.29, 0.717) is 12.5 Å². The van der Waals surface area contributed by atoms with Gasteiger partial charge in [-0.25, -0.2) is 0 Å². The van der Waals surface area contributed by atoms with Crippen molar-refractivity contribution in [2.24, 2.45) is 17.6 Å². The van der Waals surface area contributed by atoms with Crippen molar-refractivity contribution in [1.82, 2.24) is 0 Å². The lowest BCUT2D eigenvalue weighted by atomic mass is 9.86. The molecule has 4 heteroatoms. The highest BCUT2D eigenvalue weighted by molar-refractivity contribution is 5.69. The third-order valence-corrected chi connectivity index (χ3v) is 3.31. The summed E-state index contributed by atoms with van der Waals surface area (Å²) in [5, 5.41) is 9.14. The van der Waals surface area contributed by atoms with E-state index >= 15 is 0 Å². The van der Waals surface area contributed by atoms with Gasteiger partial charge in [0.25, 0.3) is 0 Å². The van der Waals surface area contributed by atoms with Crippen LogP contribution in [0, 0.1) is 11.8 Å². The number of hydrogen-bond donors (Lipinski definition) is 2. The zero-order chi connectivity index (χ0) is 11.8. The molecular formula is C12H23NO3. The first-order chi connectivity index (χ1) is 7.74. The summed E-state index contributed by atoms with van der Waals surface area (Å²) >= 11 is 0. The number of rotatable bonds is 7. The van der Waals surface area contributed by atoms with Crippen molar-refractivity contribution in [3.05, 3.63) is 0 Å². The van der Waals surface area contributed by atoms with Crippen molar-refractivity contribution in [3.63, 3.8) is 0 Å². The Morgan fingerprint density at radius 1 is 1.38 bits per heavy atom. The molecule has 1 saturated heterocycles. The van der Waals surface area contributed by atoms with Crippen molar-refractivity contribution < 1.29 is 14.6 Å². The summed E-state index contributed by atoms with van der Waals surface area (Å²) in [5.74, 6) is -0.300. The number of aliphatic carboxylic acids is 1. The smallest absolute Gasteiger partial charge is 0.306 e. The maximum atomic E-state index is 11.1. The van der Waals surface area contributed by atoms with Crippen LogP contribution >= 0.6 is 0 Å². The first kappa shape index (κ1) is 13.5. The average Bonchev–Trinajstić information content (AvgIpc) is 2.29. The molecule has 1 atom stereocenters. The molecule has 0 radical (unpaired) electrons. The number of carboxylic acids is 1. The molecule has 1 heterocycles. The maximum Gasteiger partial charge on any atom is 0.306 e. The van der Waals surface area contributed by atoms with Crippen molar-refractivity contribution in [2.75, 3.05) is 19.8 Å². The summed E-state index contributed by atoms with van der Waals surface area (Å²) in [6.45, 7) is 2.24. The topological polar surface area (TPSA) is 72.5 Å². The summed E-state index contributed by atoms with van der Waals surface area (Å²) in [4.78, 5) is 11.1. The lowest BCUT2D eigenvalue weighted by Gasteiger charge is -2.24. The standard InChI is InChI=1S/C12H23NO3/c13-6-2-1-3-11(12(14)15)9-10-4-7-16-8-5-10/h10-11H,1-9,13H2,(H,14,15). The molecule has 0 amide bonds. The van der Waals surface area contributed by atoms with Gasteiger partial charge in [-0.05, 0) is 44.6 Å². The number of carboxylic acid groups (broad SMARTS) is 1.